The minimum absolute atomic E-state index is 0.0323. The number of fused-ring (bicyclic) bond motifs is 1. The molecule has 1 N–H and O–H groups in total. The first kappa shape index (κ1) is 24.0. The summed E-state index contributed by atoms with van der Waals surface area (Å²) in [6.07, 6.45) is 3.12. The van der Waals surface area contributed by atoms with Crippen molar-refractivity contribution in [1.29, 1.82) is 0 Å². The molecule has 0 fully saturated rings. The number of hydrogen-bond acceptors (Lipinski definition) is 8. The molecule has 0 atom stereocenters. The lowest BCUT2D eigenvalue weighted by atomic mass is 10.2. The zero-order valence-corrected chi connectivity index (χ0v) is 21.1. The van der Waals surface area contributed by atoms with Gasteiger partial charge in [-0.05, 0) is 68.1 Å². The number of rotatable bonds is 10. The molecular weight excluding hydrogens is 520 g/mol. The average molecular weight is 543 g/mol. The minimum atomic E-state index is -0.308. The van der Waals surface area contributed by atoms with Gasteiger partial charge in [-0.15, -0.1) is 11.8 Å². The Balaban J connectivity index is 1.56. The van der Waals surface area contributed by atoms with E-state index in [1.54, 1.807) is 11.8 Å². The number of halogens is 1. The van der Waals surface area contributed by atoms with Crippen molar-refractivity contribution in [2.75, 3.05) is 24.7 Å². The average Bonchev–Trinajstić information content (AvgIpc) is 3.19. The van der Waals surface area contributed by atoms with Gasteiger partial charge in [-0.3, -0.25) is 10.1 Å². The molecule has 176 valence electrons. The van der Waals surface area contributed by atoms with Gasteiger partial charge < -0.3 is 10.1 Å². The summed E-state index contributed by atoms with van der Waals surface area (Å²) in [7, 11) is 0. The van der Waals surface area contributed by atoms with Crippen LogP contribution in [0.5, 0.6) is 5.75 Å². The highest BCUT2D eigenvalue weighted by Gasteiger charge is 2.19. The lowest BCUT2D eigenvalue weighted by molar-refractivity contribution is -0.480. The van der Waals surface area contributed by atoms with Gasteiger partial charge in [0.2, 0.25) is 6.54 Å². The third-order valence-electron chi connectivity index (χ3n) is 4.99. The summed E-state index contributed by atoms with van der Waals surface area (Å²) >= 11 is 5.02. The molecule has 2 aromatic heterocycles. The van der Waals surface area contributed by atoms with E-state index in [1.165, 1.54) is 0 Å². The summed E-state index contributed by atoms with van der Waals surface area (Å²) in [6.45, 7) is 2.27. The molecule has 9 nitrogen and oxygen atoms in total. The molecule has 2 heterocycles. The highest BCUT2D eigenvalue weighted by molar-refractivity contribution is 9.10. The Morgan fingerprint density at radius 2 is 1.85 bits per heavy atom. The molecule has 2 aromatic carbocycles. The van der Waals surface area contributed by atoms with E-state index in [1.807, 2.05) is 66.4 Å². The number of anilines is 2. The van der Waals surface area contributed by atoms with Gasteiger partial charge in [-0.2, -0.15) is 5.10 Å². The van der Waals surface area contributed by atoms with E-state index >= 15 is 0 Å². The summed E-state index contributed by atoms with van der Waals surface area (Å²) in [5.74, 6) is 2.03. The molecule has 0 saturated heterocycles. The van der Waals surface area contributed by atoms with Crippen molar-refractivity contribution in [3.05, 3.63) is 68.9 Å². The first-order valence-electron chi connectivity index (χ1n) is 10.6. The van der Waals surface area contributed by atoms with E-state index in [9.17, 15) is 10.1 Å². The molecule has 4 aromatic rings. The molecule has 0 aliphatic heterocycles. The van der Waals surface area contributed by atoms with Crippen LogP contribution in [0.1, 0.15) is 18.7 Å². The minimum Gasteiger partial charge on any atom is -0.494 e. The Hall–Kier alpha value is -3.18. The first-order valence-corrected chi connectivity index (χ1v) is 12.7. The van der Waals surface area contributed by atoms with Crippen molar-refractivity contribution in [3.8, 4) is 11.4 Å². The molecule has 11 heteroatoms. The number of aryl methyl sites for hydroxylation is 1. The Labute approximate surface area is 209 Å². The second kappa shape index (κ2) is 10.8. The van der Waals surface area contributed by atoms with Crippen LogP contribution in [0.4, 0.5) is 11.5 Å². The molecule has 0 aliphatic rings. The van der Waals surface area contributed by atoms with Crippen LogP contribution in [0.3, 0.4) is 0 Å². The van der Waals surface area contributed by atoms with Crippen molar-refractivity contribution in [3.63, 3.8) is 0 Å². The number of nitrogens with zero attached hydrogens (tertiary/aromatic N) is 5. The van der Waals surface area contributed by atoms with E-state index in [0.29, 0.717) is 36.8 Å². The quantitative estimate of drug-likeness (QED) is 0.116. The SMILES string of the molecule is CSc1nn(-c2ccc(Br)cc2)c2nc(C)nc(Nc3ccc(OCCCC[N+](=O)[O-])cc3)c12. The van der Waals surface area contributed by atoms with E-state index < -0.39 is 0 Å². The van der Waals surface area contributed by atoms with Gasteiger partial charge in [0.1, 0.15) is 22.4 Å². The molecule has 0 unspecified atom stereocenters. The number of hydrogen-bond donors (Lipinski definition) is 1. The monoisotopic (exact) mass is 542 g/mol. The van der Waals surface area contributed by atoms with Crippen LogP contribution in [-0.2, 0) is 0 Å². The molecule has 0 spiro atoms. The van der Waals surface area contributed by atoms with Gasteiger partial charge in [-0.1, -0.05) is 15.9 Å². The van der Waals surface area contributed by atoms with Gasteiger partial charge in [-0.25, -0.2) is 14.6 Å². The number of ether oxygens (including phenoxy) is 1. The summed E-state index contributed by atoms with van der Waals surface area (Å²) in [5.41, 5.74) is 2.50. The summed E-state index contributed by atoms with van der Waals surface area (Å²) in [6, 6.07) is 15.5. The maximum atomic E-state index is 10.4. The Kier molecular flexibility index (Phi) is 7.63. The predicted molar refractivity (Wildman–Crippen MR) is 137 cm³/mol. The largest absolute Gasteiger partial charge is 0.494 e. The zero-order valence-electron chi connectivity index (χ0n) is 18.7. The summed E-state index contributed by atoms with van der Waals surface area (Å²) in [4.78, 5) is 19.4. The first-order chi connectivity index (χ1) is 16.4. The normalized spacial score (nSPS) is 11.0. The van der Waals surface area contributed by atoms with Crippen LogP contribution in [0.2, 0.25) is 0 Å². The highest BCUT2D eigenvalue weighted by Crippen LogP contribution is 2.33. The van der Waals surface area contributed by atoms with E-state index in [0.717, 1.165) is 31.9 Å². The molecule has 0 bridgehead atoms. The molecule has 34 heavy (non-hydrogen) atoms. The zero-order chi connectivity index (χ0) is 24.1. The number of benzene rings is 2. The van der Waals surface area contributed by atoms with Gasteiger partial charge >= 0.3 is 0 Å². The molecule has 0 amide bonds. The molecule has 0 saturated carbocycles. The van der Waals surface area contributed by atoms with E-state index in [4.69, 9.17) is 9.84 Å². The summed E-state index contributed by atoms with van der Waals surface area (Å²) in [5, 5.41) is 20.3. The van der Waals surface area contributed by atoms with Crippen molar-refractivity contribution < 1.29 is 9.66 Å². The maximum absolute atomic E-state index is 10.4. The molecule has 4 rings (SSSR count). The Morgan fingerprint density at radius 3 is 2.53 bits per heavy atom. The lowest BCUT2D eigenvalue weighted by Gasteiger charge is -2.10. The maximum Gasteiger partial charge on any atom is 0.204 e. The number of unbranched alkanes of at least 4 members (excludes halogenated alkanes) is 1. The van der Waals surface area contributed by atoms with Crippen molar-refractivity contribution in [2.45, 2.75) is 24.8 Å². The highest BCUT2D eigenvalue weighted by atomic mass is 79.9. The predicted octanol–water partition coefficient (Wildman–Crippen LogP) is 5.79. The van der Waals surface area contributed by atoms with E-state index in [2.05, 4.69) is 31.2 Å². The van der Waals surface area contributed by atoms with E-state index in [-0.39, 0.29) is 11.5 Å². The third kappa shape index (κ3) is 5.65. The molecule has 0 aliphatic carbocycles. The van der Waals surface area contributed by atoms with Crippen molar-refractivity contribution in [2.24, 2.45) is 0 Å². The summed E-state index contributed by atoms with van der Waals surface area (Å²) < 4.78 is 8.52. The third-order valence-corrected chi connectivity index (χ3v) is 6.19. The second-order valence-electron chi connectivity index (χ2n) is 7.48. The van der Waals surface area contributed by atoms with Gasteiger partial charge in [0.15, 0.2) is 5.65 Å². The van der Waals surface area contributed by atoms with Gasteiger partial charge in [0, 0.05) is 21.5 Å². The number of nitrogens with one attached hydrogen (secondary N) is 1. The Morgan fingerprint density at radius 1 is 1.12 bits per heavy atom. The fourth-order valence-electron chi connectivity index (χ4n) is 3.40. The number of aromatic nitrogens is 4. The smallest absolute Gasteiger partial charge is 0.204 e. The molecule has 0 radical (unpaired) electrons. The standard InChI is InChI=1S/C23H23BrN6O3S/c1-15-25-21(27-17-7-11-19(12-8-17)33-14-4-3-13-29(31)32)20-22(26-15)30(28-23(20)34-2)18-9-5-16(24)6-10-18/h5-12H,3-4,13-14H2,1-2H3,(H,25,26,27). The van der Waals surface area contributed by atoms with Gasteiger partial charge in [0.05, 0.1) is 17.7 Å². The fourth-order valence-corrected chi connectivity index (χ4v) is 4.22. The Bertz CT molecular complexity index is 1300. The van der Waals surface area contributed by atoms with Crippen LogP contribution in [0, 0.1) is 17.0 Å². The van der Waals surface area contributed by atoms with Crippen molar-refractivity contribution in [1.82, 2.24) is 19.7 Å². The number of nitro groups is 1. The van der Waals surface area contributed by atoms with Gasteiger partial charge in [0.25, 0.3) is 0 Å². The number of thioether (sulfide) groups is 1. The van der Waals surface area contributed by atoms with Crippen LogP contribution in [0.15, 0.2) is 58.0 Å². The van der Waals surface area contributed by atoms with Crippen molar-refractivity contribution >= 4 is 50.2 Å². The second-order valence-corrected chi connectivity index (χ2v) is 9.19. The molecular formula is C23H23BrN6O3S. The van der Waals surface area contributed by atoms with Crippen LogP contribution in [-0.4, -0.2) is 44.1 Å². The van der Waals surface area contributed by atoms with Crippen LogP contribution in [0.25, 0.3) is 16.7 Å². The van der Waals surface area contributed by atoms with Crippen LogP contribution >= 0.6 is 27.7 Å². The lowest BCUT2D eigenvalue weighted by Crippen LogP contribution is -2.04. The fraction of sp³-hybridized carbons (Fsp3) is 0.261. The topological polar surface area (TPSA) is 108 Å². The van der Waals surface area contributed by atoms with Crippen LogP contribution < -0.4 is 10.1 Å².